The van der Waals surface area contributed by atoms with E-state index in [-0.39, 0.29) is 23.7 Å². The van der Waals surface area contributed by atoms with E-state index in [1.54, 1.807) is 0 Å². The summed E-state index contributed by atoms with van der Waals surface area (Å²) in [6.07, 6.45) is 9.05. The van der Waals surface area contributed by atoms with Crippen molar-refractivity contribution in [3.63, 3.8) is 0 Å². The largest absolute Gasteiger partial charge is 2.00 e. The second-order valence-electron chi connectivity index (χ2n) is 3.72. The summed E-state index contributed by atoms with van der Waals surface area (Å²) >= 11 is 0. The first kappa shape index (κ1) is 18.7. The maximum atomic E-state index is 10.2. The van der Waals surface area contributed by atoms with E-state index >= 15 is 0 Å². The molecule has 0 amide bonds. The summed E-state index contributed by atoms with van der Waals surface area (Å²) < 4.78 is 32.8. The van der Waals surface area contributed by atoms with Crippen LogP contribution in [0.25, 0.3) is 0 Å². The predicted octanol–water partition coefficient (Wildman–Crippen LogP) is 2.94. The van der Waals surface area contributed by atoms with Crippen LogP contribution < -0.4 is 0 Å². The normalized spacial score (nSPS) is 11.1. The van der Waals surface area contributed by atoms with Crippen molar-refractivity contribution in [1.82, 2.24) is 0 Å². The third kappa shape index (κ3) is 16.8. The molecule has 0 aromatic rings. The summed E-state index contributed by atoms with van der Waals surface area (Å²) in [5, 5.41) is 0. The van der Waals surface area contributed by atoms with Gasteiger partial charge in [-0.3, -0.25) is 4.55 Å². The molecule has 0 heterocycles. The van der Waals surface area contributed by atoms with Crippen LogP contribution in [0.1, 0.15) is 58.3 Å². The summed E-state index contributed by atoms with van der Waals surface area (Å²) in [7, 11) is -4.23. The van der Waals surface area contributed by atoms with Crippen molar-refractivity contribution in [2.24, 2.45) is 0 Å². The average Bonchev–Trinajstić information content (AvgIpc) is 2.14. The van der Waals surface area contributed by atoms with E-state index in [0.29, 0.717) is 6.42 Å². The Hall–Kier alpha value is 0.389. The van der Waals surface area contributed by atoms with E-state index in [1.165, 1.54) is 32.1 Å². The van der Waals surface area contributed by atoms with Crippen molar-refractivity contribution in [2.45, 2.75) is 58.3 Å². The van der Waals surface area contributed by atoms with Crippen LogP contribution in [-0.2, 0) is 31.7 Å². The third-order valence-electron chi connectivity index (χ3n) is 2.23. The zero-order chi connectivity index (χ0) is 11.6. The summed E-state index contributed by atoms with van der Waals surface area (Å²) in [5.74, 6) is 0. The number of unbranched alkanes of at least 4 members (excludes halogenated alkanes) is 7. The molecule has 97 valence electrons. The van der Waals surface area contributed by atoms with Gasteiger partial charge in [0.2, 0.25) is 0 Å². The van der Waals surface area contributed by atoms with Gasteiger partial charge in [-0.25, -0.2) is 4.18 Å². The van der Waals surface area contributed by atoms with Crippen LogP contribution in [0.3, 0.4) is 0 Å². The van der Waals surface area contributed by atoms with Gasteiger partial charge in [0.05, 0.1) is 6.61 Å². The molecule has 0 aliphatic heterocycles. The molecule has 1 N–H and O–H groups in total. The molecule has 0 aliphatic rings. The SMILES string of the molecule is CCCCCCCCCCOS(=O)(=O)O.[Mn+2]. The Balaban J connectivity index is 0. The molecule has 0 unspecified atom stereocenters. The Bertz CT molecular complexity index is 229. The summed E-state index contributed by atoms with van der Waals surface area (Å²) in [6.45, 7) is 2.28. The molecule has 0 aromatic carbocycles. The van der Waals surface area contributed by atoms with Crippen LogP contribution in [0.2, 0.25) is 0 Å². The molecule has 16 heavy (non-hydrogen) atoms. The Morgan fingerprint density at radius 3 is 1.81 bits per heavy atom. The summed E-state index contributed by atoms with van der Waals surface area (Å²) in [4.78, 5) is 0. The fourth-order valence-corrected chi connectivity index (χ4v) is 1.73. The molecule has 0 spiro atoms. The topological polar surface area (TPSA) is 63.6 Å². The van der Waals surface area contributed by atoms with Crippen LogP contribution in [0.5, 0.6) is 0 Å². The van der Waals surface area contributed by atoms with Gasteiger partial charge < -0.3 is 0 Å². The van der Waals surface area contributed by atoms with Gasteiger partial charge in [0.15, 0.2) is 0 Å². The summed E-state index contributed by atoms with van der Waals surface area (Å²) in [5.41, 5.74) is 0. The van der Waals surface area contributed by atoms with Crippen LogP contribution in [-0.4, -0.2) is 19.6 Å². The minimum Gasteiger partial charge on any atom is -0.264 e. The quantitative estimate of drug-likeness (QED) is 0.382. The Labute approximate surface area is 110 Å². The van der Waals surface area contributed by atoms with Crippen molar-refractivity contribution in [1.29, 1.82) is 0 Å². The Kier molecular flexibility index (Phi) is 13.9. The van der Waals surface area contributed by atoms with Crippen LogP contribution in [0.15, 0.2) is 0 Å². The molecule has 0 saturated carbocycles. The molecule has 0 atom stereocenters. The second-order valence-corrected chi connectivity index (χ2v) is 4.82. The standard InChI is InChI=1S/C10H22O4S.Mn/c1-2-3-4-5-6-7-8-9-10-14-15(11,12)13;/h2-10H2,1H3,(H,11,12,13);/q;+2. The van der Waals surface area contributed by atoms with Crippen molar-refractivity contribution < 1.29 is 34.2 Å². The second kappa shape index (κ2) is 11.9. The molecule has 1 radical (unpaired) electrons. The van der Waals surface area contributed by atoms with Gasteiger partial charge in [0.25, 0.3) is 0 Å². The first-order chi connectivity index (χ1) is 7.06. The zero-order valence-electron chi connectivity index (χ0n) is 9.82. The maximum Gasteiger partial charge on any atom is 2.00 e. The molecule has 4 nitrogen and oxygen atoms in total. The molecule has 0 saturated heterocycles. The van der Waals surface area contributed by atoms with Gasteiger partial charge in [-0.2, -0.15) is 8.42 Å². The van der Waals surface area contributed by atoms with Gasteiger partial charge in [-0.05, 0) is 6.42 Å². The molecule has 6 heteroatoms. The number of hydrogen-bond acceptors (Lipinski definition) is 3. The van der Waals surface area contributed by atoms with Gasteiger partial charge in [0.1, 0.15) is 0 Å². The van der Waals surface area contributed by atoms with Gasteiger partial charge >= 0.3 is 27.5 Å². The van der Waals surface area contributed by atoms with E-state index in [0.717, 1.165) is 12.8 Å². The first-order valence-electron chi connectivity index (χ1n) is 5.68. The van der Waals surface area contributed by atoms with Crippen molar-refractivity contribution in [3.05, 3.63) is 0 Å². The van der Waals surface area contributed by atoms with Crippen LogP contribution in [0.4, 0.5) is 0 Å². The monoisotopic (exact) mass is 293 g/mol. The zero-order valence-corrected chi connectivity index (χ0v) is 11.8. The third-order valence-corrected chi connectivity index (χ3v) is 2.69. The van der Waals surface area contributed by atoms with E-state index in [9.17, 15) is 8.42 Å². The Morgan fingerprint density at radius 2 is 1.38 bits per heavy atom. The number of rotatable bonds is 10. The molecular formula is C10H22MnO4S+2. The fourth-order valence-electron chi connectivity index (χ4n) is 1.40. The molecule has 0 fully saturated rings. The molecule has 0 aromatic heterocycles. The van der Waals surface area contributed by atoms with Crippen molar-refractivity contribution in [2.75, 3.05) is 6.61 Å². The molecule has 0 aliphatic carbocycles. The van der Waals surface area contributed by atoms with Crippen molar-refractivity contribution >= 4 is 10.4 Å². The van der Waals surface area contributed by atoms with Crippen LogP contribution in [0, 0.1) is 0 Å². The molecule has 0 bridgehead atoms. The van der Waals surface area contributed by atoms with E-state index in [1.807, 2.05) is 0 Å². The predicted molar refractivity (Wildman–Crippen MR) is 60.1 cm³/mol. The number of hydrogen-bond donors (Lipinski definition) is 1. The fraction of sp³-hybridized carbons (Fsp3) is 1.00. The van der Waals surface area contributed by atoms with E-state index in [4.69, 9.17) is 4.55 Å². The summed E-state index contributed by atoms with van der Waals surface area (Å²) in [6, 6.07) is 0. The molecular weight excluding hydrogens is 271 g/mol. The van der Waals surface area contributed by atoms with E-state index in [2.05, 4.69) is 11.1 Å². The molecule has 0 rings (SSSR count). The van der Waals surface area contributed by atoms with Gasteiger partial charge in [0, 0.05) is 0 Å². The van der Waals surface area contributed by atoms with Crippen molar-refractivity contribution in [3.8, 4) is 0 Å². The average molecular weight is 293 g/mol. The van der Waals surface area contributed by atoms with E-state index < -0.39 is 10.4 Å². The minimum atomic E-state index is -4.23. The first-order valence-corrected chi connectivity index (χ1v) is 7.04. The minimum absolute atomic E-state index is 0. The Morgan fingerprint density at radius 1 is 0.938 bits per heavy atom. The maximum absolute atomic E-state index is 10.2. The smallest absolute Gasteiger partial charge is 0.264 e. The van der Waals surface area contributed by atoms with Gasteiger partial charge in [-0.1, -0.05) is 51.9 Å². The van der Waals surface area contributed by atoms with Crippen LogP contribution >= 0.6 is 0 Å². The van der Waals surface area contributed by atoms with Gasteiger partial charge in [-0.15, -0.1) is 0 Å².